The number of ketones is 1. The molecule has 0 unspecified atom stereocenters. The summed E-state index contributed by atoms with van der Waals surface area (Å²) in [7, 11) is 2.09. The van der Waals surface area contributed by atoms with Crippen molar-refractivity contribution in [1.82, 2.24) is 9.80 Å². The van der Waals surface area contributed by atoms with Crippen LogP contribution in [-0.4, -0.2) is 48.8 Å². The Kier molecular flexibility index (Phi) is 4.24. The lowest BCUT2D eigenvalue weighted by Gasteiger charge is -2.29. The molecule has 18 heavy (non-hydrogen) atoms. The Morgan fingerprint density at radius 1 is 1.17 bits per heavy atom. The first kappa shape index (κ1) is 12.9. The van der Waals surface area contributed by atoms with E-state index in [4.69, 9.17) is 11.6 Å². The van der Waals surface area contributed by atoms with Crippen LogP contribution in [0.3, 0.4) is 0 Å². The van der Waals surface area contributed by atoms with E-state index in [0.29, 0.717) is 10.6 Å². The second-order valence-electron chi connectivity index (χ2n) is 4.36. The standard InChI is InChI=1S/C14H15ClN2O/c1-16-8-10-17(11-9-16)7-6-14(18)12-2-4-13(15)5-3-12/h2-5H,8-11H2,1H3. The number of Topliss-reactive ketones (excluding diaryl/α,β-unsaturated/α-hetero) is 1. The predicted octanol–water partition coefficient (Wildman–Crippen LogP) is 1.73. The van der Waals surface area contributed by atoms with Crippen molar-refractivity contribution in [3.8, 4) is 12.0 Å². The zero-order valence-corrected chi connectivity index (χ0v) is 11.1. The number of carbonyl (C=O) groups is 1. The minimum Gasteiger partial charge on any atom is -0.330 e. The molecule has 2 rings (SSSR count). The molecule has 1 heterocycles. The third-order valence-electron chi connectivity index (χ3n) is 2.94. The number of halogens is 1. The molecule has 0 aromatic heterocycles. The zero-order chi connectivity index (χ0) is 13.0. The Morgan fingerprint density at radius 3 is 2.39 bits per heavy atom. The van der Waals surface area contributed by atoms with Gasteiger partial charge in [0.2, 0.25) is 5.78 Å². The smallest absolute Gasteiger partial charge is 0.237 e. The molecule has 0 bridgehead atoms. The number of hydrogen-bond acceptors (Lipinski definition) is 3. The van der Waals surface area contributed by atoms with Gasteiger partial charge in [-0.05, 0) is 37.2 Å². The van der Waals surface area contributed by atoms with Crippen molar-refractivity contribution in [3.05, 3.63) is 34.9 Å². The van der Waals surface area contributed by atoms with E-state index in [2.05, 4.69) is 23.9 Å². The third kappa shape index (κ3) is 3.49. The average Bonchev–Trinajstić information content (AvgIpc) is 2.38. The molecule has 0 atom stereocenters. The molecular weight excluding hydrogens is 248 g/mol. The van der Waals surface area contributed by atoms with E-state index in [0.717, 1.165) is 26.2 Å². The maximum Gasteiger partial charge on any atom is 0.237 e. The Hall–Kier alpha value is -1.50. The van der Waals surface area contributed by atoms with Gasteiger partial charge in [-0.15, -0.1) is 0 Å². The fourth-order valence-corrected chi connectivity index (χ4v) is 1.85. The quantitative estimate of drug-likeness (QED) is 0.569. The summed E-state index contributed by atoms with van der Waals surface area (Å²) in [6, 6.07) is 9.73. The molecule has 1 saturated heterocycles. The first-order valence-corrected chi connectivity index (χ1v) is 6.28. The molecule has 4 heteroatoms. The summed E-state index contributed by atoms with van der Waals surface area (Å²) in [4.78, 5) is 16.1. The Labute approximate surface area is 112 Å². The van der Waals surface area contributed by atoms with E-state index in [9.17, 15) is 4.79 Å². The van der Waals surface area contributed by atoms with Gasteiger partial charge < -0.3 is 9.80 Å². The molecule has 1 aliphatic heterocycles. The minimum absolute atomic E-state index is 0.161. The first-order valence-electron chi connectivity index (χ1n) is 5.90. The third-order valence-corrected chi connectivity index (χ3v) is 3.19. The van der Waals surface area contributed by atoms with Gasteiger partial charge in [0.25, 0.3) is 0 Å². The number of carbonyl (C=O) groups excluding carboxylic acids is 1. The van der Waals surface area contributed by atoms with Gasteiger partial charge in [0.1, 0.15) is 0 Å². The molecule has 1 aliphatic rings. The number of piperazine rings is 1. The zero-order valence-electron chi connectivity index (χ0n) is 10.3. The van der Waals surface area contributed by atoms with E-state index in [-0.39, 0.29) is 5.78 Å². The topological polar surface area (TPSA) is 23.6 Å². The van der Waals surface area contributed by atoms with Gasteiger partial charge in [-0.25, -0.2) is 0 Å². The van der Waals surface area contributed by atoms with Crippen LogP contribution in [0.1, 0.15) is 10.4 Å². The number of rotatable bonds is 1. The molecule has 1 aromatic carbocycles. The van der Waals surface area contributed by atoms with Gasteiger partial charge in [0, 0.05) is 42.8 Å². The number of nitrogens with zero attached hydrogens (tertiary/aromatic N) is 2. The molecule has 3 nitrogen and oxygen atoms in total. The number of hydrogen-bond donors (Lipinski definition) is 0. The van der Waals surface area contributed by atoms with Crippen molar-refractivity contribution >= 4 is 17.4 Å². The molecule has 0 saturated carbocycles. The van der Waals surface area contributed by atoms with Gasteiger partial charge in [-0.3, -0.25) is 4.79 Å². The van der Waals surface area contributed by atoms with Gasteiger partial charge in [-0.2, -0.15) is 0 Å². The monoisotopic (exact) mass is 262 g/mol. The molecular formula is C14H15ClN2O. The van der Waals surface area contributed by atoms with E-state index < -0.39 is 0 Å². The van der Waals surface area contributed by atoms with Gasteiger partial charge in [-0.1, -0.05) is 11.6 Å². The molecule has 1 aromatic rings. The summed E-state index contributed by atoms with van der Waals surface area (Å²) in [5.41, 5.74) is 0.584. The fraction of sp³-hybridized carbons (Fsp3) is 0.357. The predicted molar refractivity (Wildman–Crippen MR) is 72.6 cm³/mol. The summed E-state index contributed by atoms with van der Waals surface area (Å²) >= 11 is 5.77. The lowest BCUT2D eigenvalue weighted by molar-refractivity contribution is 0.105. The van der Waals surface area contributed by atoms with Crippen molar-refractivity contribution in [2.75, 3.05) is 33.2 Å². The summed E-state index contributed by atoms with van der Waals surface area (Å²) in [5.74, 6) is 2.52. The highest BCUT2D eigenvalue weighted by Crippen LogP contribution is 2.09. The van der Waals surface area contributed by atoms with Crippen molar-refractivity contribution in [2.45, 2.75) is 0 Å². The first-order chi connectivity index (χ1) is 8.65. The van der Waals surface area contributed by atoms with Crippen LogP contribution < -0.4 is 0 Å². The molecule has 0 radical (unpaired) electrons. The maximum atomic E-state index is 11.8. The molecule has 0 N–H and O–H groups in total. The number of likely N-dealkylation sites (N-methyl/N-ethyl adjacent to an activating group) is 1. The molecule has 0 spiro atoms. The van der Waals surface area contributed by atoms with Crippen molar-refractivity contribution < 1.29 is 4.79 Å². The fourth-order valence-electron chi connectivity index (χ4n) is 1.72. The number of benzene rings is 1. The summed E-state index contributed by atoms with van der Waals surface area (Å²) in [6.07, 6.45) is 0. The van der Waals surface area contributed by atoms with Gasteiger partial charge in [0.05, 0.1) is 0 Å². The van der Waals surface area contributed by atoms with Crippen LogP contribution in [0, 0.1) is 12.0 Å². The highest BCUT2D eigenvalue weighted by atomic mass is 35.5. The molecule has 0 aliphatic carbocycles. The highest BCUT2D eigenvalue weighted by molar-refractivity contribution is 6.30. The van der Waals surface area contributed by atoms with Crippen LogP contribution >= 0.6 is 11.6 Å². The van der Waals surface area contributed by atoms with Crippen LogP contribution in [0.5, 0.6) is 0 Å². The molecule has 1 fully saturated rings. The largest absolute Gasteiger partial charge is 0.330 e. The lowest BCUT2D eigenvalue weighted by atomic mass is 10.1. The van der Waals surface area contributed by atoms with E-state index in [1.807, 2.05) is 4.90 Å². The maximum absolute atomic E-state index is 11.8. The van der Waals surface area contributed by atoms with Crippen molar-refractivity contribution in [1.29, 1.82) is 0 Å². The normalized spacial score (nSPS) is 16.0. The minimum atomic E-state index is -0.161. The van der Waals surface area contributed by atoms with E-state index in [1.165, 1.54) is 0 Å². The van der Waals surface area contributed by atoms with E-state index >= 15 is 0 Å². The Morgan fingerprint density at radius 2 is 1.78 bits per heavy atom. The Bertz CT molecular complexity index is 479. The van der Waals surface area contributed by atoms with Crippen LogP contribution in [0.15, 0.2) is 24.3 Å². The van der Waals surface area contributed by atoms with E-state index in [1.54, 1.807) is 24.3 Å². The second-order valence-corrected chi connectivity index (χ2v) is 4.80. The van der Waals surface area contributed by atoms with Crippen LogP contribution in [-0.2, 0) is 0 Å². The van der Waals surface area contributed by atoms with Crippen LogP contribution in [0.25, 0.3) is 0 Å². The van der Waals surface area contributed by atoms with Crippen molar-refractivity contribution in [2.24, 2.45) is 0 Å². The second kappa shape index (κ2) is 5.90. The Balaban J connectivity index is 1.97. The van der Waals surface area contributed by atoms with Gasteiger partial charge in [0.15, 0.2) is 0 Å². The highest BCUT2D eigenvalue weighted by Gasteiger charge is 2.10. The lowest BCUT2D eigenvalue weighted by Crippen LogP contribution is -2.42. The van der Waals surface area contributed by atoms with Crippen LogP contribution in [0.2, 0.25) is 5.02 Å². The summed E-state index contributed by atoms with van der Waals surface area (Å²) in [6.45, 7) is 3.75. The van der Waals surface area contributed by atoms with Gasteiger partial charge >= 0.3 is 0 Å². The average molecular weight is 263 g/mol. The molecule has 94 valence electrons. The molecule has 0 amide bonds. The van der Waals surface area contributed by atoms with Crippen molar-refractivity contribution in [3.63, 3.8) is 0 Å². The summed E-state index contributed by atoms with van der Waals surface area (Å²) in [5, 5.41) is 0.624. The summed E-state index contributed by atoms with van der Waals surface area (Å²) < 4.78 is 0. The SMILES string of the molecule is CN1CCN(C#CC(=O)c2ccc(Cl)cc2)CC1. The van der Waals surface area contributed by atoms with Crippen LogP contribution in [0.4, 0.5) is 0 Å².